The second-order valence-corrected chi connectivity index (χ2v) is 6.72. The fourth-order valence-corrected chi connectivity index (χ4v) is 3.31. The normalized spacial score (nSPS) is 16.5. The third kappa shape index (κ3) is 2.63. The van der Waals surface area contributed by atoms with Gasteiger partial charge in [-0.25, -0.2) is 4.79 Å². The second kappa shape index (κ2) is 4.33. The highest BCUT2D eigenvalue weighted by atomic mass is 32.1. The number of hydrogen-bond donors (Lipinski definition) is 1. The molecular weight excluding hydrogens is 234 g/mol. The first-order valence-corrected chi connectivity index (χ1v) is 6.79. The molecule has 1 N–H and O–H groups in total. The standard InChI is InChI=1S/C13H19NO2S/c1-13(2,3)11-8-9-4-6-14(12(15)16)7-5-10(9)17-11/h8H,4-7H2,1-3H3,(H,15,16). The summed E-state index contributed by atoms with van der Waals surface area (Å²) in [7, 11) is 0. The van der Waals surface area contributed by atoms with Crippen LogP contribution in [0.4, 0.5) is 4.79 Å². The smallest absolute Gasteiger partial charge is 0.407 e. The van der Waals surface area contributed by atoms with Gasteiger partial charge in [0.15, 0.2) is 0 Å². The molecule has 17 heavy (non-hydrogen) atoms. The van der Waals surface area contributed by atoms with Crippen molar-refractivity contribution < 1.29 is 9.90 Å². The Bertz CT molecular complexity index is 406. The third-order valence-corrected chi connectivity index (χ3v) is 4.83. The minimum Gasteiger partial charge on any atom is -0.465 e. The first kappa shape index (κ1) is 12.4. The summed E-state index contributed by atoms with van der Waals surface area (Å²) in [6.07, 6.45) is 0.924. The van der Waals surface area contributed by atoms with Crippen LogP contribution in [0.3, 0.4) is 0 Å². The molecule has 1 aromatic rings. The van der Waals surface area contributed by atoms with E-state index in [2.05, 4.69) is 26.8 Å². The molecule has 3 nitrogen and oxygen atoms in total. The minimum absolute atomic E-state index is 0.198. The number of thiophene rings is 1. The summed E-state index contributed by atoms with van der Waals surface area (Å²) >= 11 is 1.85. The Balaban J connectivity index is 2.19. The van der Waals surface area contributed by atoms with Crippen LogP contribution < -0.4 is 0 Å². The van der Waals surface area contributed by atoms with E-state index in [4.69, 9.17) is 5.11 Å². The van der Waals surface area contributed by atoms with Gasteiger partial charge in [0.25, 0.3) is 0 Å². The van der Waals surface area contributed by atoms with Crippen molar-refractivity contribution in [2.45, 2.75) is 39.0 Å². The summed E-state index contributed by atoms with van der Waals surface area (Å²) < 4.78 is 0. The molecule has 0 spiro atoms. The number of fused-ring (bicyclic) bond motifs is 1. The molecule has 0 radical (unpaired) electrons. The van der Waals surface area contributed by atoms with Gasteiger partial charge in [-0.2, -0.15) is 0 Å². The summed E-state index contributed by atoms with van der Waals surface area (Å²) in [5.41, 5.74) is 1.55. The zero-order valence-corrected chi connectivity index (χ0v) is 11.4. The van der Waals surface area contributed by atoms with E-state index >= 15 is 0 Å². The molecule has 1 amide bonds. The van der Waals surface area contributed by atoms with E-state index in [1.165, 1.54) is 20.2 Å². The van der Waals surface area contributed by atoms with Gasteiger partial charge in [0.05, 0.1) is 0 Å². The zero-order valence-electron chi connectivity index (χ0n) is 10.6. The Kier molecular flexibility index (Phi) is 3.17. The predicted octanol–water partition coefficient (Wildman–Crippen LogP) is 3.12. The lowest BCUT2D eigenvalue weighted by Gasteiger charge is -2.17. The van der Waals surface area contributed by atoms with Crippen LogP contribution in [-0.2, 0) is 18.3 Å². The molecule has 0 atom stereocenters. The predicted molar refractivity (Wildman–Crippen MR) is 70.0 cm³/mol. The molecule has 0 saturated heterocycles. The van der Waals surface area contributed by atoms with E-state index < -0.39 is 6.09 Å². The van der Waals surface area contributed by atoms with Gasteiger partial charge in [-0.05, 0) is 29.9 Å². The zero-order chi connectivity index (χ0) is 12.6. The van der Waals surface area contributed by atoms with Crippen LogP contribution in [0.1, 0.15) is 36.1 Å². The fourth-order valence-electron chi connectivity index (χ4n) is 2.05. The van der Waals surface area contributed by atoms with E-state index in [0.29, 0.717) is 13.1 Å². The van der Waals surface area contributed by atoms with Crippen molar-refractivity contribution in [1.82, 2.24) is 4.90 Å². The van der Waals surface area contributed by atoms with E-state index in [0.717, 1.165) is 12.8 Å². The van der Waals surface area contributed by atoms with Crippen molar-refractivity contribution in [2.24, 2.45) is 0 Å². The molecule has 94 valence electrons. The topological polar surface area (TPSA) is 40.5 Å². The van der Waals surface area contributed by atoms with Gasteiger partial charge in [-0.15, -0.1) is 11.3 Å². The number of rotatable bonds is 0. The Morgan fingerprint density at radius 3 is 2.59 bits per heavy atom. The number of carboxylic acid groups (broad SMARTS) is 1. The van der Waals surface area contributed by atoms with Gasteiger partial charge in [0, 0.05) is 22.8 Å². The van der Waals surface area contributed by atoms with Crippen molar-refractivity contribution in [2.75, 3.05) is 13.1 Å². The largest absolute Gasteiger partial charge is 0.465 e. The molecule has 0 aromatic carbocycles. The Hall–Kier alpha value is -1.03. The minimum atomic E-state index is -0.795. The van der Waals surface area contributed by atoms with Gasteiger partial charge in [-0.3, -0.25) is 0 Å². The van der Waals surface area contributed by atoms with Crippen molar-refractivity contribution >= 4 is 17.4 Å². The first-order chi connectivity index (χ1) is 7.88. The summed E-state index contributed by atoms with van der Waals surface area (Å²) in [6, 6.07) is 2.27. The molecule has 1 aliphatic rings. The number of nitrogens with zero attached hydrogens (tertiary/aromatic N) is 1. The van der Waals surface area contributed by atoms with Gasteiger partial charge in [0.2, 0.25) is 0 Å². The van der Waals surface area contributed by atoms with Crippen LogP contribution in [0, 0.1) is 0 Å². The van der Waals surface area contributed by atoms with E-state index in [1.54, 1.807) is 0 Å². The maximum Gasteiger partial charge on any atom is 0.407 e. The highest BCUT2D eigenvalue weighted by Gasteiger charge is 2.23. The molecule has 0 aliphatic carbocycles. The summed E-state index contributed by atoms with van der Waals surface area (Å²) in [5.74, 6) is 0. The molecule has 0 unspecified atom stereocenters. The van der Waals surface area contributed by atoms with Crippen LogP contribution in [0.2, 0.25) is 0 Å². The lowest BCUT2D eigenvalue weighted by molar-refractivity contribution is 0.147. The SMILES string of the molecule is CC(C)(C)c1cc2c(s1)CCN(C(=O)O)CC2. The average molecular weight is 253 g/mol. The van der Waals surface area contributed by atoms with Crippen LogP contribution in [0.5, 0.6) is 0 Å². The van der Waals surface area contributed by atoms with Crippen molar-refractivity contribution in [3.05, 3.63) is 21.4 Å². The lowest BCUT2D eigenvalue weighted by atomic mass is 9.94. The highest BCUT2D eigenvalue weighted by molar-refractivity contribution is 7.12. The van der Waals surface area contributed by atoms with Crippen LogP contribution in [0.25, 0.3) is 0 Å². The van der Waals surface area contributed by atoms with Gasteiger partial charge in [-0.1, -0.05) is 20.8 Å². The fraction of sp³-hybridized carbons (Fsp3) is 0.615. The highest BCUT2D eigenvalue weighted by Crippen LogP contribution is 2.34. The molecule has 1 aliphatic heterocycles. The number of hydrogen-bond acceptors (Lipinski definition) is 2. The molecule has 2 rings (SSSR count). The summed E-state index contributed by atoms with van der Waals surface area (Å²) in [6.45, 7) is 7.93. The Labute approximate surface area is 106 Å². The van der Waals surface area contributed by atoms with E-state index in [-0.39, 0.29) is 5.41 Å². The third-order valence-electron chi connectivity index (χ3n) is 3.17. The Morgan fingerprint density at radius 1 is 1.35 bits per heavy atom. The summed E-state index contributed by atoms with van der Waals surface area (Å²) in [4.78, 5) is 15.2. The van der Waals surface area contributed by atoms with Crippen LogP contribution in [0.15, 0.2) is 6.07 Å². The van der Waals surface area contributed by atoms with Crippen LogP contribution in [-0.4, -0.2) is 29.2 Å². The van der Waals surface area contributed by atoms with Crippen molar-refractivity contribution in [3.63, 3.8) is 0 Å². The molecule has 2 heterocycles. The second-order valence-electron chi connectivity index (χ2n) is 5.58. The molecule has 0 bridgehead atoms. The van der Waals surface area contributed by atoms with Gasteiger partial charge >= 0.3 is 6.09 Å². The quantitative estimate of drug-likeness (QED) is 0.771. The first-order valence-electron chi connectivity index (χ1n) is 5.98. The van der Waals surface area contributed by atoms with Crippen molar-refractivity contribution in [3.8, 4) is 0 Å². The lowest BCUT2D eigenvalue weighted by Crippen LogP contribution is -2.31. The maximum absolute atomic E-state index is 10.9. The monoisotopic (exact) mass is 253 g/mol. The molecular formula is C13H19NO2S. The number of amides is 1. The van der Waals surface area contributed by atoms with Crippen molar-refractivity contribution in [1.29, 1.82) is 0 Å². The molecule has 0 saturated carbocycles. The van der Waals surface area contributed by atoms with E-state index in [9.17, 15) is 4.79 Å². The molecule has 0 fully saturated rings. The maximum atomic E-state index is 10.9. The van der Waals surface area contributed by atoms with Gasteiger partial charge in [0.1, 0.15) is 0 Å². The molecule has 1 aromatic heterocycles. The van der Waals surface area contributed by atoms with E-state index in [1.807, 2.05) is 11.3 Å². The Morgan fingerprint density at radius 2 is 2.00 bits per heavy atom. The summed E-state index contributed by atoms with van der Waals surface area (Å²) in [5, 5.41) is 8.99. The van der Waals surface area contributed by atoms with Gasteiger partial charge < -0.3 is 10.0 Å². The molecule has 4 heteroatoms. The average Bonchev–Trinajstić information content (AvgIpc) is 2.51. The van der Waals surface area contributed by atoms with Crippen LogP contribution >= 0.6 is 11.3 Å². The number of carbonyl (C=O) groups is 1.